The van der Waals surface area contributed by atoms with Gasteiger partial charge in [-0.15, -0.1) is 11.8 Å². The van der Waals surface area contributed by atoms with Crippen LogP contribution in [0.3, 0.4) is 0 Å². The predicted octanol–water partition coefficient (Wildman–Crippen LogP) is 3.99. The number of amides is 2. The zero-order valence-corrected chi connectivity index (χ0v) is 15.5. The highest BCUT2D eigenvalue weighted by Crippen LogP contribution is 2.29. The summed E-state index contributed by atoms with van der Waals surface area (Å²) < 4.78 is 5.49. The minimum absolute atomic E-state index is 0.190. The summed E-state index contributed by atoms with van der Waals surface area (Å²) in [6, 6.07) is 16.4. The largest absolute Gasteiger partial charge is 0.460 e. The number of nitrogens with zero attached hydrogens (tertiary/aromatic N) is 1. The van der Waals surface area contributed by atoms with Gasteiger partial charge in [-0.3, -0.25) is 4.79 Å². The molecule has 1 aliphatic heterocycles. The molecule has 0 aromatic heterocycles. The van der Waals surface area contributed by atoms with Crippen LogP contribution in [0.15, 0.2) is 64.5 Å². The minimum atomic E-state index is -0.642. The standard InChI is InChI=1S/C20H20N2O3S/c1-13-17(19(23)25-12-14-6-4-3-5-7-14)18(22-20(24)21-13)15-8-10-16(26-2)11-9-15/h3-11,17-18H,12H2,1-2H3,(H,22,24). The van der Waals surface area contributed by atoms with Gasteiger partial charge in [-0.2, -0.15) is 0 Å². The number of nitrogens with one attached hydrogen (secondary N) is 1. The summed E-state index contributed by atoms with van der Waals surface area (Å²) in [5, 5.41) is 2.80. The Morgan fingerprint density at radius 2 is 1.85 bits per heavy atom. The highest BCUT2D eigenvalue weighted by atomic mass is 32.2. The summed E-state index contributed by atoms with van der Waals surface area (Å²) in [7, 11) is 0. The van der Waals surface area contributed by atoms with Crippen LogP contribution in [0.1, 0.15) is 24.1 Å². The Kier molecular flexibility index (Phi) is 5.73. The van der Waals surface area contributed by atoms with E-state index in [9.17, 15) is 9.59 Å². The zero-order valence-electron chi connectivity index (χ0n) is 14.6. The number of hydrogen-bond donors (Lipinski definition) is 1. The molecule has 5 nitrogen and oxygen atoms in total. The molecule has 2 aromatic carbocycles. The van der Waals surface area contributed by atoms with Gasteiger partial charge in [0.2, 0.25) is 0 Å². The lowest BCUT2D eigenvalue weighted by Crippen LogP contribution is -2.44. The molecule has 0 aliphatic carbocycles. The molecular weight excluding hydrogens is 348 g/mol. The van der Waals surface area contributed by atoms with E-state index in [2.05, 4.69) is 10.3 Å². The van der Waals surface area contributed by atoms with Gasteiger partial charge in [-0.25, -0.2) is 9.79 Å². The minimum Gasteiger partial charge on any atom is -0.460 e. The van der Waals surface area contributed by atoms with Crippen LogP contribution in [0.2, 0.25) is 0 Å². The molecule has 1 heterocycles. The first kappa shape index (κ1) is 18.2. The molecule has 0 saturated carbocycles. The van der Waals surface area contributed by atoms with Crippen molar-refractivity contribution >= 4 is 29.5 Å². The summed E-state index contributed by atoms with van der Waals surface area (Å²) in [4.78, 5) is 29.6. The van der Waals surface area contributed by atoms with Gasteiger partial charge in [0.1, 0.15) is 12.5 Å². The van der Waals surface area contributed by atoms with Gasteiger partial charge in [-0.05, 0) is 36.4 Å². The second-order valence-corrected chi connectivity index (χ2v) is 6.90. The first-order valence-corrected chi connectivity index (χ1v) is 9.51. The van der Waals surface area contributed by atoms with E-state index in [4.69, 9.17) is 4.74 Å². The van der Waals surface area contributed by atoms with Gasteiger partial charge in [0.05, 0.1) is 6.04 Å². The lowest BCUT2D eigenvalue weighted by molar-refractivity contribution is -0.148. The molecule has 0 saturated heterocycles. The van der Waals surface area contributed by atoms with E-state index >= 15 is 0 Å². The molecular formula is C20H20N2O3S. The summed E-state index contributed by atoms with van der Waals surface area (Å²) in [5.74, 6) is -1.04. The summed E-state index contributed by atoms with van der Waals surface area (Å²) >= 11 is 1.64. The molecule has 2 unspecified atom stereocenters. The maximum atomic E-state index is 12.7. The van der Waals surface area contributed by atoms with Gasteiger partial charge in [0.15, 0.2) is 0 Å². The van der Waals surface area contributed by atoms with Crippen molar-refractivity contribution in [2.75, 3.05) is 6.26 Å². The molecule has 6 heteroatoms. The van der Waals surface area contributed by atoms with Crippen molar-refractivity contribution in [3.05, 3.63) is 65.7 Å². The molecule has 134 valence electrons. The molecule has 0 spiro atoms. The molecule has 2 amide bonds. The highest BCUT2D eigenvalue weighted by molar-refractivity contribution is 7.98. The van der Waals surface area contributed by atoms with Gasteiger partial charge in [0, 0.05) is 10.6 Å². The van der Waals surface area contributed by atoms with E-state index in [-0.39, 0.29) is 6.61 Å². The van der Waals surface area contributed by atoms with Crippen molar-refractivity contribution in [2.24, 2.45) is 10.9 Å². The maximum Gasteiger partial charge on any atom is 0.341 e. The number of carbonyl (C=O) groups is 2. The fourth-order valence-electron chi connectivity index (χ4n) is 2.93. The Labute approximate surface area is 156 Å². The molecule has 26 heavy (non-hydrogen) atoms. The maximum absolute atomic E-state index is 12.7. The quantitative estimate of drug-likeness (QED) is 0.640. The van der Waals surface area contributed by atoms with Crippen LogP contribution >= 0.6 is 11.8 Å². The third kappa shape index (κ3) is 4.14. The second kappa shape index (κ2) is 8.19. The van der Waals surface area contributed by atoms with Crippen LogP contribution in [0.25, 0.3) is 0 Å². The lowest BCUT2D eigenvalue weighted by atomic mass is 9.88. The second-order valence-electron chi connectivity index (χ2n) is 6.02. The van der Waals surface area contributed by atoms with E-state index < -0.39 is 24.0 Å². The number of thioether (sulfide) groups is 1. The van der Waals surface area contributed by atoms with Crippen molar-refractivity contribution in [3.63, 3.8) is 0 Å². The molecule has 3 rings (SSSR count). The molecule has 0 fully saturated rings. The molecule has 2 atom stereocenters. The number of hydrogen-bond acceptors (Lipinski definition) is 4. The fraction of sp³-hybridized carbons (Fsp3) is 0.250. The van der Waals surface area contributed by atoms with Crippen molar-refractivity contribution in [3.8, 4) is 0 Å². The van der Waals surface area contributed by atoms with Crippen molar-refractivity contribution in [1.29, 1.82) is 0 Å². The van der Waals surface area contributed by atoms with Gasteiger partial charge >= 0.3 is 12.0 Å². The van der Waals surface area contributed by atoms with Crippen LogP contribution in [0.5, 0.6) is 0 Å². The van der Waals surface area contributed by atoms with Crippen LogP contribution < -0.4 is 5.32 Å². The molecule has 0 radical (unpaired) electrons. The third-order valence-electron chi connectivity index (χ3n) is 4.29. The summed E-state index contributed by atoms with van der Waals surface area (Å²) in [6.07, 6.45) is 2.00. The predicted molar refractivity (Wildman–Crippen MR) is 102 cm³/mol. The topological polar surface area (TPSA) is 67.8 Å². The Morgan fingerprint density at radius 1 is 1.15 bits per heavy atom. The molecule has 1 N–H and O–H groups in total. The Morgan fingerprint density at radius 3 is 2.50 bits per heavy atom. The number of carbonyl (C=O) groups excluding carboxylic acids is 2. The number of aliphatic imine (C=N–C) groups is 1. The number of esters is 1. The lowest BCUT2D eigenvalue weighted by Gasteiger charge is -2.29. The van der Waals surface area contributed by atoms with Crippen LogP contribution in [0, 0.1) is 5.92 Å². The number of rotatable bonds is 5. The van der Waals surface area contributed by atoms with Crippen molar-refractivity contribution in [2.45, 2.75) is 24.5 Å². The SMILES string of the molecule is CSc1ccc(C2NC(=O)N=C(C)C2C(=O)OCc2ccccc2)cc1. The fourth-order valence-corrected chi connectivity index (χ4v) is 3.34. The van der Waals surface area contributed by atoms with E-state index in [0.29, 0.717) is 5.71 Å². The Hall–Kier alpha value is -2.60. The molecule has 0 bridgehead atoms. The Balaban J connectivity index is 1.81. The first-order valence-electron chi connectivity index (χ1n) is 8.28. The van der Waals surface area contributed by atoms with Gasteiger partial charge in [-0.1, -0.05) is 42.5 Å². The van der Waals surface area contributed by atoms with Crippen LogP contribution in [0.4, 0.5) is 4.79 Å². The van der Waals surface area contributed by atoms with Crippen molar-refractivity contribution in [1.82, 2.24) is 5.32 Å². The zero-order chi connectivity index (χ0) is 18.5. The smallest absolute Gasteiger partial charge is 0.341 e. The summed E-state index contributed by atoms with van der Waals surface area (Å²) in [6.45, 7) is 1.88. The van der Waals surface area contributed by atoms with Crippen LogP contribution in [-0.2, 0) is 16.1 Å². The Bertz CT molecular complexity index is 819. The van der Waals surface area contributed by atoms with Gasteiger partial charge < -0.3 is 10.1 Å². The monoisotopic (exact) mass is 368 g/mol. The normalized spacial score (nSPS) is 19.5. The number of urea groups is 1. The molecule has 2 aromatic rings. The van der Waals surface area contributed by atoms with Gasteiger partial charge in [0.25, 0.3) is 0 Å². The number of ether oxygens (including phenoxy) is 1. The summed E-state index contributed by atoms with van der Waals surface area (Å²) in [5.41, 5.74) is 2.23. The third-order valence-corrected chi connectivity index (χ3v) is 5.04. The average Bonchev–Trinajstić information content (AvgIpc) is 2.66. The van der Waals surface area contributed by atoms with Crippen molar-refractivity contribution < 1.29 is 14.3 Å². The number of benzene rings is 2. The van der Waals surface area contributed by atoms with E-state index in [0.717, 1.165) is 16.0 Å². The highest BCUT2D eigenvalue weighted by Gasteiger charge is 2.37. The van der Waals surface area contributed by atoms with E-state index in [1.165, 1.54) is 0 Å². The van der Waals surface area contributed by atoms with E-state index in [1.807, 2.05) is 60.9 Å². The van der Waals surface area contributed by atoms with Crippen LogP contribution in [-0.4, -0.2) is 24.0 Å². The average molecular weight is 368 g/mol. The first-order chi connectivity index (χ1) is 12.6. The van der Waals surface area contributed by atoms with E-state index in [1.54, 1.807) is 18.7 Å². The molecule has 1 aliphatic rings.